The van der Waals surface area contributed by atoms with Crippen molar-refractivity contribution in [3.05, 3.63) is 70.8 Å². The van der Waals surface area contributed by atoms with Gasteiger partial charge in [-0.1, -0.05) is 71.2 Å². The summed E-state index contributed by atoms with van der Waals surface area (Å²) in [5, 5.41) is 35.6. The van der Waals surface area contributed by atoms with Crippen LogP contribution in [0.1, 0.15) is 111 Å². The van der Waals surface area contributed by atoms with Crippen LogP contribution in [0.15, 0.2) is 48.5 Å². The molecular weight excluding hydrogens is 456 g/mol. The highest BCUT2D eigenvalue weighted by molar-refractivity contribution is 5.87. The second-order valence-electron chi connectivity index (χ2n) is 8.95. The maximum absolute atomic E-state index is 10.5. The SMILES string of the molecule is CCCC(O)CC(O)CC.CCCCc1ccc(C(=O)O)cc1.CCCCc1ccc(C(=O)O)cc1. The first-order valence-electron chi connectivity index (χ1n) is 13.2. The molecule has 0 fully saturated rings. The maximum atomic E-state index is 10.5. The first kappa shape index (κ1) is 33.3. The lowest BCUT2D eigenvalue weighted by molar-refractivity contribution is 0.0686. The van der Waals surface area contributed by atoms with Gasteiger partial charge in [-0.2, -0.15) is 0 Å². The van der Waals surface area contributed by atoms with Crippen molar-refractivity contribution in [3.63, 3.8) is 0 Å². The Morgan fingerprint density at radius 1 is 0.639 bits per heavy atom. The van der Waals surface area contributed by atoms with Crippen LogP contribution in [0.4, 0.5) is 0 Å². The second kappa shape index (κ2) is 20.5. The highest BCUT2D eigenvalue weighted by atomic mass is 16.4. The van der Waals surface area contributed by atoms with E-state index in [1.807, 2.05) is 38.1 Å². The molecule has 36 heavy (non-hydrogen) atoms. The van der Waals surface area contributed by atoms with E-state index in [9.17, 15) is 14.7 Å². The van der Waals surface area contributed by atoms with Crippen LogP contribution in [-0.4, -0.2) is 44.6 Å². The molecule has 2 unspecified atom stereocenters. The van der Waals surface area contributed by atoms with Gasteiger partial charge in [-0.05, 0) is 80.3 Å². The molecule has 0 aromatic heterocycles. The molecule has 2 aromatic rings. The molecule has 0 aliphatic heterocycles. The molecule has 0 spiro atoms. The van der Waals surface area contributed by atoms with Gasteiger partial charge in [0.25, 0.3) is 0 Å². The van der Waals surface area contributed by atoms with Crippen molar-refractivity contribution in [2.24, 2.45) is 0 Å². The predicted octanol–water partition coefficient (Wildman–Crippen LogP) is 6.76. The normalized spacial score (nSPS) is 11.8. The Kier molecular flexibility index (Phi) is 19.0. The molecule has 2 aromatic carbocycles. The fraction of sp³-hybridized carbons (Fsp3) is 0.533. The third kappa shape index (κ3) is 16.1. The number of aliphatic hydroxyl groups is 2. The van der Waals surface area contributed by atoms with Gasteiger partial charge in [0.2, 0.25) is 0 Å². The average Bonchev–Trinajstić information content (AvgIpc) is 2.87. The summed E-state index contributed by atoms with van der Waals surface area (Å²) in [7, 11) is 0. The Morgan fingerprint density at radius 2 is 1.03 bits per heavy atom. The number of hydrogen-bond acceptors (Lipinski definition) is 4. The molecule has 0 amide bonds. The molecule has 6 heteroatoms. The molecule has 0 heterocycles. The molecule has 202 valence electrons. The number of hydrogen-bond donors (Lipinski definition) is 4. The maximum Gasteiger partial charge on any atom is 0.335 e. The number of carboxylic acids is 2. The van der Waals surface area contributed by atoms with E-state index in [1.54, 1.807) is 24.3 Å². The van der Waals surface area contributed by atoms with E-state index in [-0.39, 0.29) is 12.2 Å². The van der Waals surface area contributed by atoms with Gasteiger partial charge in [-0.25, -0.2) is 9.59 Å². The Labute approximate surface area is 217 Å². The predicted molar refractivity (Wildman–Crippen MR) is 146 cm³/mol. The van der Waals surface area contributed by atoms with Crippen molar-refractivity contribution >= 4 is 11.9 Å². The summed E-state index contributed by atoms with van der Waals surface area (Å²) < 4.78 is 0. The minimum atomic E-state index is -0.859. The van der Waals surface area contributed by atoms with Gasteiger partial charge in [-0.3, -0.25) is 0 Å². The topological polar surface area (TPSA) is 115 Å². The molecular formula is C30H46O6. The minimum absolute atomic E-state index is 0.306. The molecule has 0 bridgehead atoms. The van der Waals surface area contributed by atoms with E-state index in [0.29, 0.717) is 17.5 Å². The Balaban J connectivity index is 0.000000517. The van der Waals surface area contributed by atoms with Gasteiger partial charge in [0.05, 0.1) is 23.3 Å². The van der Waals surface area contributed by atoms with Crippen LogP contribution in [0.25, 0.3) is 0 Å². The molecule has 0 saturated heterocycles. The number of aryl methyl sites for hydroxylation is 2. The lowest BCUT2D eigenvalue weighted by Gasteiger charge is -2.12. The summed E-state index contributed by atoms with van der Waals surface area (Å²) in [4.78, 5) is 21.1. The largest absolute Gasteiger partial charge is 0.478 e. The van der Waals surface area contributed by atoms with Crippen LogP contribution in [0.5, 0.6) is 0 Å². The van der Waals surface area contributed by atoms with Crippen molar-refractivity contribution in [1.29, 1.82) is 0 Å². The number of benzene rings is 2. The lowest BCUT2D eigenvalue weighted by atomic mass is 10.1. The molecule has 2 atom stereocenters. The summed E-state index contributed by atoms with van der Waals surface area (Å²) >= 11 is 0. The smallest absolute Gasteiger partial charge is 0.335 e. The van der Waals surface area contributed by atoms with Gasteiger partial charge in [0.15, 0.2) is 0 Å². The first-order valence-corrected chi connectivity index (χ1v) is 13.2. The molecule has 0 aliphatic rings. The van der Waals surface area contributed by atoms with Gasteiger partial charge < -0.3 is 20.4 Å². The van der Waals surface area contributed by atoms with Crippen molar-refractivity contribution in [3.8, 4) is 0 Å². The zero-order chi connectivity index (χ0) is 27.3. The Hall–Kier alpha value is -2.70. The molecule has 0 saturated carbocycles. The van der Waals surface area contributed by atoms with E-state index in [4.69, 9.17) is 15.3 Å². The third-order valence-corrected chi connectivity index (χ3v) is 5.68. The Morgan fingerprint density at radius 3 is 1.31 bits per heavy atom. The van der Waals surface area contributed by atoms with Crippen LogP contribution in [0.3, 0.4) is 0 Å². The number of aliphatic hydroxyl groups excluding tert-OH is 2. The van der Waals surface area contributed by atoms with Crippen molar-refractivity contribution in [1.82, 2.24) is 0 Å². The molecule has 2 rings (SSSR count). The van der Waals surface area contributed by atoms with Crippen LogP contribution in [0.2, 0.25) is 0 Å². The van der Waals surface area contributed by atoms with Crippen molar-refractivity contribution in [2.45, 2.75) is 104 Å². The van der Waals surface area contributed by atoms with Crippen molar-refractivity contribution < 1.29 is 30.0 Å². The summed E-state index contributed by atoms with van der Waals surface area (Å²) in [6, 6.07) is 14.2. The summed E-state index contributed by atoms with van der Waals surface area (Å²) in [5.74, 6) is -1.72. The first-order chi connectivity index (χ1) is 17.2. The van der Waals surface area contributed by atoms with E-state index >= 15 is 0 Å². The lowest BCUT2D eigenvalue weighted by Crippen LogP contribution is -2.16. The molecule has 6 nitrogen and oxygen atoms in total. The van der Waals surface area contributed by atoms with Crippen LogP contribution in [0, 0.1) is 0 Å². The summed E-state index contributed by atoms with van der Waals surface area (Å²) in [5.41, 5.74) is 3.15. The fourth-order valence-corrected chi connectivity index (χ4v) is 3.32. The van der Waals surface area contributed by atoms with Crippen LogP contribution in [-0.2, 0) is 12.8 Å². The number of rotatable bonds is 13. The second-order valence-corrected chi connectivity index (χ2v) is 8.95. The highest BCUT2D eigenvalue weighted by Crippen LogP contribution is 2.09. The zero-order valence-electron chi connectivity index (χ0n) is 22.4. The van der Waals surface area contributed by atoms with Gasteiger partial charge in [-0.15, -0.1) is 0 Å². The van der Waals surface area contributed by atoms with E-state index in [0.717, 1.165) is 44.9 Å². The number of unbranched alkanes of at least 4 members (excludes halogenated alkanes) is 2. The van der Waals surface area contributed by atoms with Crippen LogP contribution < -0.4 is 0 Å². The summed E-state index contributed by atoms with van der Waals surface area (Å²) in [6.45, 7) is 8.24. The highest BCUT2D eigenvalue weighted by Gasteiger charge is 2.08. The monoisotopic (exact) mass is 502 g/mol. The molecule has 4 N–H and O–H groups in total. The zero-order valence-corrected chi connectivity index (χ0v) is 22.4. The minimum Gasteiger partial charge on any atom is -0.478 e. The molecule has 0 radical (unpaired) electrons. The quantitative estimate of drug-likeness (QED) is 0.240. The van der Waals surface area contributed by atoms with E-state index < -0.39 is 11.9 Å². The van der Waals surface area contributed by atoms with E-state index in [1.165, 1.54) is 24.0 Å². The number of aromatic carboxylic acids is 2. The Bertz CT molecular complexity index is 768. The van der Waals surface area contributed by atoms with Gasteiger partial charge in [0, 0.05) is 0 Å². The van der Waals surface area contributed by atoms with Gasteiger partial charge >= 0.3 is 11.9 Å². The third-order valence-electron chi connectivity index (χ3n) is 5.68. The fourth-order valence-electron chi connectivity index (χ4n) is 3.32. The van der Waals surface area contributed by atoms with E-state index in [2.05, 4.69) is 13.8 Å². The average molecular weight is 503 g/mol. The summed E-state index contributed by atoms with van der Waals surface area (Å²) in [6.07, 6.45) is 9.16. The van der Waals surface area contributed by atoms with Crippen molar-refractivity contribution in [2.75, 3.05) is 0 Å². The van der Waals surface area contributed by atoms with Crippen LogP contribution >= 0.6 is 0 Å². The molecule has 0 aliphatic carbocycles. The standard InChI is InChI=1S/2C11H14O2.C8H18O2/c2*1-2-3-4-9-5-7-10(8-6-9)11(12)13;1-3-5-8(10)6-7(9)4-2/h2*5-8H,2-4H2,1H3,(H,12,13);7-10H,3-6H2,1-2H3. The number of carbonyl (C=O) groups is 2. The number of carboxylic acid groups (broad SMARTS) is 2. The van der Waals surface area contributed by atoms with Gasteiger partial charge in [0.1, 0.15) is 0 Å².